The van der Waals surface area contributed by atoms with E-state index in [1.165, 1.54) is 37.9 Å². The molecule has 0 aromatic heterocycles. The van der Waals surface area contributed by atoms with E-state index >= 15 is 0 Å². The first-order valence-corrected chi connectivity index (χ1v) is 8.33. The van der Waals surface area contributed by atoms with E-state index in [9.17, 15) is 0 Å². The maximum atomic E-state index is 6.02. The lowest BCUT2D eigenvalue weighted by molar-refractivity contribution is 0.000333. The highest BCUT2D eigenvalue weighted by atomic mass is 35.5. The number of halogens is 1. The molecule has 0 saturated carbocycles. The molecule has 3 saturated heterocycles. The number of hydrogen-bond donors (Lipinski definition) is 1. The molecule has 0 amide bonds. The highest BCUT2D eigenvalue weighted by Crippen LogP contribution is 2.37. The molecule has 1 N–H and O–H groups in total. The van der Waals surface area contributed by atoms with Crippen LogP contribution in [0.2, 0.25) is 5.02 Å². The number of rotatable bonds is 5. The fourth-order valence-corrected chi connectivity index (χ4v) is 4.17. The van der Waals surface area contributed by atoms with E-state index < -0.39 is 0 Å². The van der Waals surface area contributed by atoms with Gasteiger partial charge in [-0.15, -0.1) is 0 Å². The van der Waals surface area contributed by atoms with Crippen molar-refractivity contribution in [3.05, 3.63) is 34.9 Å². The van der Waals surface area contributed by atoms with E-state index in [1.54, 1.807) is 0 Å². The number of fused-ring (bicyclic) bond motifs is 3. The minimum Gasteiger partial charge on any atom is -0.311 e. The monoisotopic (exact) mass is 292 g/mol. The SMILES string of the molecule is CCC1CN2CCC1CC2CNCc1cccc(Cl)c1. The predicted octanol–water partition coefficient (Wildman–Crippen LogP) is 3.55. The summed E-state index contributed by atoms with van der Waals surface area (Å²) in [4.78, 5) is 2.71. The third kappa shape index (κ3) is 3.19. The van der Waals surface area contributed by atoms with Crippen molar-refractivity contribution < 1.29 is 0 Å². The van der Waals surface area contributed by atoms with Gasteiger partial charge < -0.3 is 5.32 Å². The standard InChI is InChI=1S/C17H25ClN2/c1-2-14-12-20-7-6-15(14)9-17(20)11-19-10-13-4-3-5-16(18)8-13/h3-5,8,14-15,17,19H,2,6-7,9-12H2,1H3. The minimum absolute atomic E-state index is 0.746. The fourth-order valence-electron chi connectivity index (χ4n) is 3.95. The summed E-state index contributed by atoms with van der Waals surface area (Å²) in [6, 6.07) is 8.89. The zero-order valence-electron chi connectivity index (χ0n) is 12.3. The molecular formula is C17H25ClN2. The second-order valence-corrected chi connectivity index (χ2v) is 6.80. The third-order valence-electron chi connectivity index (χ3n) is 5.14. The third-order valence-corrected chi connectivity index (χ3v) is 5.37. The summed E-state index contributed by atoms with van der Waals surface area (Å²) in [5.41, 5.74) is 1.28. The van der Waals surface area contributed by atoms with Gasteiger partial charge in [0.05, 0.1) is 0 Å². The van der Waals surface area contributed by atoms with Gasteiger partial charge in [0.2, 0.25) is 0 Å². The summed E-state index contributed by atoms with van der Waals surface area (Å²) < 4.78 is 0. The quantitative estimate of drug-likeness (QED) is 0.893. The molecule has 4 unspecified atom stereocenters. The van der Waals surface area contributed by atoms with Gasteiger partial charge in [-0.25, -0.2) is 0 Å². The van der Waals surface area contributed by atoms with Crippen molar-refractivity contribution in [3.63, 3.8) is 0 Å². The lowest BCUT2D eigenvalue weighted by Gasteiger charge is -2.50. The number of hydrogen-bond acceptors (Lipinski definition) is 2. The van der Waals surface area contributed by atoms with Gasteiger partial charge in [0.25, 0.3) is 0 Å². The normalized spacial score (nSPS) is 32.5. The van der Waals surface area contributed by atoms with Crippen molar-refractivity contribution in [2.45, 2.75) is 38.8 Å². The molecule has 4 rings (SSSR count). The van der Waals surface area contributed by atoms with Crippen LogP contribution in [0.4, 0.5) is 0 Å². The molecule has 1 aromatic carbocycles. The minimum atomic E-state index is 0.746. The number of nitrogens with one attached hydrogen (secondary N) is 1. The van der Waals surface area contributed by atoms with Crippen LogP contribution in [0.1, 0.15) is 31.7 Å². The van der Waals surface area contributed by atoms with Gasteiger partial charge in [-0.2, -0.15) is 0 Å². The Morgan fingerprint density at radius 3 is 3.00 bits per heavy atom. The van der Waals surface area contributed by atoms with E-state index in [0.29, 0.717) is 0 Å². The van der Waals surface area contributed by atoms with Gasteiger partial charge in [0, 0.05) is 30.7 Å². The van der Waals surface area contributed by atoms with Crippen molar-refractivity contribution in [3.8, 4) is 0 Å². The molecule has 0 aliphatic carbocycles. The van der Waals surface area contributed by atoms with Gasteiger partial charge in [-0.3, -0.25) is 4.90 Å². The fraction of sp³-hybridized carbons (Fsp3) is 0.647. The summed E-state index contributed by atoms with van der Waals surface area (Å²) in [6.45, 7) is 7.01. The van der Waals surface area contributed by atoms with E-state index in [-0.39, 0.29) is 0 Å². The predicted molar refractivity (Wildman–Crippen MR) is 85.0 cm³/mol. The lowest BCUT2D eigenvalue weighted by Crippen LogP contribution is -2.56. The van der Waals surface area contributed by atoms with Crippen molar-refractivity contribution in [1.29, 1.82) is 0 Å². The molecule has 3 fully saturated rings. The summed E-state index contributed by atoms with van der Waals surface area (Å²) in [7, 11) is 0. The molecular weight excluding hydrogens is 268 g/mol. The summed E-state index contributed by atoms with van der Waals surface area (Å²) in [5.74, 6) is 1.93. The van der Waals surface area contributed by atoms with Crippen LogP contribution in [0, 0.1) is 11.8 Å². The lowest BCUT2D eigenvalue weighted by atomic mass is 9.74. The maximum absolute atomic E-state index is 6.02. The molecule has 0 spiro atoms. The Hall–Kier alpha value is -0.570. The summed E-state index contributed by atoms with van der Waals surface area (Å²) in [5, 5.41) is 4.45. The molecule has 3 aliphatic heterocycles. The first-order chi connectivity index (χ1) is 9.76. The second kappa shape index (κ2) is 6.46. The molecule has 4 atom stereocenters. The number of nitrogens with zero attached hydrogens (tertiary/aromatic N) is 1. The van der Waals surface area contributed by atoms with Crippen LogP contribution < -0.4 is 5.32 Å². The molecule has 1 aromatic rings. The Bertz CT molecular complexity index is 448. The first-order valence-electron chi connectivity index (χ1n) is 7.95. The smallest absolute Gasteiger partial charge is 0.0409 e. The van der Waals surface area contributed by atoms with Gasteiger partial charge in [0.1, 0.15) is 0 Å². The average Bonchev–Trinajstić information content (AvgIpc) is 2.48. The van der Waals surface area contributed by atoms with Crippen molar-refractivity contribution in [2.24, 2.45) is 11.8 Å². The molecule has 0 radical (unpaired) electrons. The Labute approximate surface area is 127 Å². The van der Waals surface area contributed by atoms with Crippen LogP contribution in [-0.4, -0.2) is 30.6 Å². The van der Waals surface area contributed by atoms with E-state index in [0.717, 1.165) is 36.0 Å². The van der Waals surface area contributed by atoms with Crippen LogP contribution in [0.15, 0.2) is 24.3 Å². The average molecular weight is 293 g/mol. The van der Waals surface area contributed by atoms with Gasteiger partial charge >= 0.3 is 0 Å². The van der Waals surface area contributed by atoms with Crippen molar-refractivity contribution >= 4 is 11.6 Å². The maximum Gasteiger partial charge on any atom is 0.0409 e. The molecule has 3 heteroatoms. The largest absolute Gasteiger partial charge is 0.311 e. The highest BCUT2D eigenvalue weighted by molar-refractivity contribution is 6.30. The van der Waals surface area contributed by atoms with Crippen LogP contribution >= 0.6 is 11.6 Å². The van der Waals surface area contributed by atoms with Crippen LogP contribution in [0.25, 0.3) is 0 Å². The Kier molecular flexibility index (Phi) is 4.65. The summed E-state index contributed by atoms with van der Waals surface area (Å²) in [6.07, 6.45) is 4.16. The molecule has 20 heavy (non-hydrogen) atoms. The zero-order valence-corrected chi connectivity index (χ0v) is 13.1. The van der Waals surface area contributed by atoms with Crippen LogP contribution in [0.5, 0.6) is 0 Å². The van der Waals surface area contributed by atoms with E-state index in [2.05, 4.69) is 29.3 Å². The van der Waals surface area contributed by atoms with E-state index in [1.807, 2.05) is 12.1 Å². The van der Waals surface area contributed by atoms with Crippen molar-refractivity contribution in [1.82, 2.24) is 10.2 Å². The molecule has 2 bridgehead atoms. The summed E-state index contributed by atoms with van der Waals surface area (Å²) >= 11 is 6.02. The van der Waals surface area contributed by atoms with E-state index in [4.69, 9.17) is 11.6 Å². The first kappa shape index (κ1) is 14.4. The van der Waals surface area contributed by atoms with Crippen LogP contribution in [-0.2, 0) is 6.54 Å². The number of benzene rings is 1. The van der Waals surface area contributed by atoms with Gasteiger partial charge in [0.15, 0.2) is 0 Å². The molecule has 3 heterocycles. The number of piperidine rings is 3. The molecule has 2 nitrogen and oxygen atoms in total. The topological polar surface area (TPSA) is 15.3 Å². The molecule has 3 aliphatic rings. The Balaban J connectivity index is 1.48. The Morgan fingerprint density at radius 2 is 2.30 bits per heavy atom. The van der Waals surface area contributed by atoms with Gasteiger partial charge in [-0.1, -0.05) is 37.1 Å². The van der Waals surface area contributed by atoms with Gasteiger partial charge in [-0.05, 0) is 48.9 Å². The van der Waals surface area contributed by atoms with Crippen molar-refractivity contribution in [2.75, 3.05) is 19.6 Å². The highest BCUT2D eigenvalue weighted by Gasteiger charge is 2.38. The Morgan fingerprint density at radius 1 is 1.40 bits per heavy atom. The van der Waals surface area contributed by atoms with Crippen LogP contribution in [0.3, 0.4) is 0 Å². The second-order valence-electron chi connectivity index (χ2n) is 6.36. The zero-order chi connectivity index (χ0) is 13.9. The molecule has 110 valence electrons.